The number of carbonyl (C=O) groups is 1. The predicted octanol–water partition coefficient (Wildman–Crippen LogP) is -0.571. The maximum Gasteiger partial charge on any atom is 0.179 e. The monoisotopic (exact) mass is 192 g/mol. The molecular weight excluding hydrogens is 184 g/mol. The van der Waals surface area contributed by atoms with Crippen LogP contribution in [0.5, 0.6) is 0 Å². The molecule has 12 heavy (non-hydrogen) atoms. The summed E-state index contributed by atoms with van der Waals surface area (Å²) in [5.41, 5.74) is 0. The number of aliphatic hydroxyl groups is 2. The summed E-state index contributed by atoms with van der Waals surface area (Å²) in [5, 5.41) is 17.4. The molecule has 0 radical (unpaired) electrons. The fourth-order valence-corrected chi connectivity index (χ4v) is 1.18. The van der Waals surface area contributed by atoms with Gasteiger partial charge in [0.2, 0.25) is 0 Å². The Kier molecular flexibility index (Phi) is 2.72. The van der Waals surface area contributed by atoms with Gasteiger partial charge in [0.05, 0.1) is 7.11 Å². The van der Waals surface area contributed by atoms with Crippen molar-refractivity contribution >= 4 is 17.4 Å². The Labute approximate surface area is 74.4 Å². The van der Waals surface area contributed by atoms with E-state index in [2.05, 4.69) is 4.74 Å². The molecule has 0 unspecified atom stereocenters. The van der Waals surface area contributed by atoms with Gasteiger partial charge in [0, 0.05) is 6.08 Å². The highest BCUT2D eigenvalue weighted by Gasteiger charge is 2.37. The SMILES string of the molecule is COC1=CC(=O)[C@@H](Cl)[C@H](O)[C@@H]1O. The van der Waals surface area contributed by atoms with E-state index in [0.29, 0.717) is 0 Å². The molecule has 0 aliphatic heterocycles. The smallest absolute Gasteiger partial charge is 0.179 e. The minimum Gasteiger partial charge on any atom is -0.498 e. The molecule has 3 atom stereocenters. The summed E-state index contributed by atoms with van der Waals surface area (Å²) >= 11 is 5.48. The van der Waals surface area contributed by atoms with Gasteiger partial charge in [0.15, 0.2) is 5.78 Å². The van der Waals surface area contributed by atoms with Gasteiger partial charge >= 0.3 is 0 Å². The van der Waals surface area contributed by atoms with Crippen LogP contribution in [-0.2, 0) is 9.53 Å². The number of ketones is 1. The lowest BCUT2D eigenvalue weighted by Crippen LogP contribution is -2.43. The van der Waals surface area contributed by atoms with Crippen molar-refractivity contribution in [3.63, 3.8) is 0 Å². The first-order chi connectivity index (χ1) is 5.57. The number of carbonyl (C=O) groups excluding carboxylic acids is 1. The lowest BCUT2D eigenvalue weighted by atomic mass is 9.98. The maximum atomic E-state index is 11.0. The molecule has 0 spiro atoms. The van der Waals surface area contributed by atoms with Crippen molar-refractivity contribution in [3.8, 4) is 0 Å². The Hall–Kier alpha value is -0.580. The first-order valence-electron chi connectivity index (χ1n) is 3.37. The summed E-state index contributed by atoms with van der Waals surface area (Å²) in [6.07, 6.45) is -1.41. The van der Waals surface area contributed by atoms with Gasteiger partial charge in [-0.3, -0.25) is 4.79 Å². The number of alkyl halides is 1. The number of hydrogen-bond donors (Lipinski definition) is 2. The predicted molar refractivity (Wildman–Crippen MR) is 41.8 cm³/mol. The van der Waals surface area contributed by atoms with Crippen LogP contribution in [0.25, 0.3) is 0 Å². The van der Waals surface area contributed by atoms with Crippen molar-refractivity contribution in [2.45, 2.75) is 17.6 Å². The summed E-state index contributed by atoms with van der Waals surface area (Å²) in [5.74, 6) is -0.407. The van der Waals surface area contributed by atoms with E-state index in [1.165, 1.54) is 7.11 Å². The Bertz CT molecular complexity index is 225. The Balaban J connectivity index is 2.91. The van der Waals surface area contributed by atoms with Crippen LogP contribution in [0.2, 0.25) is 0 Å². The van der Waals surface area contributed by atoms with Crippen molar-refractivity contribution in [3.05, 3.63) is 11.8 Å². The van der Waals surface area contributed by atoms with Crippen molar-refractivity contribution in [1.29, 1.82) is 0 Å². The van der Waals surface area contributed by atoms with Crippen LogP contribution in [0, 0.1) is 0 Å². The minimum atomic E-state index is -1.29. The van der Waals surface area contributed by atoms with Crippen LogP contribution >= 0.6 is 11.6 Å². The largest absolute Gasteiger partial charge is 0.498 e. The zero-order chi connectivity index (χ0) is 9.30. The van der Waals surface area contributed by atoms with Gasteiger partial charge in [-0.1, -0.05) is 0 Å². The lowest BCUT2D eigenvalue weighted by molar-refractivity contribution is -0.119. The molecule has 0 aromatic carbocycles. The van der Waals surface area contributed by atoms with Crippen LogP contribution in [0.1, 0.15) is 0 Å². The number of rotatable bonds is 1. The van der Waals surface area contributed by atoms with E-state index in [0.717, 1.165) is 6.08 Å². The molecule has 5 heteroatoms. The molecule has 0 aromatic rings. The van der Waals surface area contributed by atoms with Gasteiger partial charge in [-0.25, -0.2) is 0 Å². The summed E-state index contributed by atoms with van der Waals surface area (Å²) in [7, 11) is 1.31. The molecule has 0 heterocycles. The summed E-state index contributed by atoms with van der Waals surface area (Å²) in [4.78, 5) is 11.0. The Morgan fingerprint density at radius 1 is 1.58 bits per heavy atom. The summed E-state index contributed by atoms with van der Waals surface area (Å²) < 4.78 is 4.66. The zero-order valence-corrected chi connectivity index (χ0v) is 7.15. The third kappa shape index (κ3) is 1.46. The van der Waals surface area contributed by atoms with Gasteiger partial charge in [-0.15, -0.1) is 11.6 Å². The lowest BCUT2D eigenvalue weighted by Gasteiger charge is -2.26. The van der Waals surface area contributed by atoms with Crippen LogP contribution < -0.4 is 0 Å². The second-order valence-electron chi connectivity index (χ2n) is 2.49. The molecule has 1 aliphatic carbocycles. The molecule has 0 saturated carbocycles. The first kappa shape index (κ1) is 9.51. The highest BCUT2D eigenvalue weighted by molar-refractivity contribution is 6.33. The fraction of sp³-hybridized carbons (Fsp3) is 0.571. The number of allylic oxidation sites excluding steroid dienone is 1. The minimum absolute atomic E-state index is 0.0457. The van der Waals surface area contributed by atoms with E-state index in [1.807, 2.05) is 0 Å². The number of aliphatic hydroxyl groups excluding tert-OH is 2. The molecule has 0 fully saturated rings. The van der Waals surface area contributed by atoms with Gasteiger partial charge in [0.1, 0.15) is 23.3 Å². The molecule has 0 aromatic heterocycles. The van der Waals surface area contributed by atoms with Crippen LogP contribution in [0.15, 0.2) is 11.8 Å². The topological polar surface area (TPSA) is 66.8 Å². The molecule has 4 nitrogen and oxygen atoms in total. The molecule has 68 valence electrons. The van der Waals surface area contributed by atoms with Gasteiger partial charge < -0.3 is 14.9 Å². The van der Waals surface area contributed by atoms with Crippen LogP contribution in [0.4, 0.5) is 0 Å². The zero-order valence-electron chi connectivity index (χ0n) is 6.40. The van der Waals surface area contributed by atoms with Crippen molar-refractivity contribution in [2.75, 3.05) is 7.11 Å². The normalized spacial score (nSPS) is 36.2. The van der Waals surface area contributed by atoms with Crippen molar-refractivity contribution in [2.24, 2.45) is 0 Å². The van der Waals surface area contributed by atoms with Gasteiger partial charge in [-0.05, 0) is 0 Å². The van der Waals surface area contributed by atoms with Crippen molar-refractivity contribution < 1.29 is 19.7 Å². The molecule has 1 aliphatic rings. The van der Waals surface area contributed by atoms with Crippen molar-refractivity contribution in [1.82, 2.24) is 0 Å². The van der Waals surface area contributed by atoms with Crippen LogP contribution in [-0.4, -0.2) is 40.7 Å². The average molecular weight is 193 g/mol. The highest BCUT2D eigenvalue weighted by atomic mass is 35.5. The number of methoxy groups -OCH3 is 1. The molecular formula is C7H9ClO4. The van der Waals surface area contributed by atoms with Gasteiger partial charge in [-0.2, -0.15) is 0 Å². The van der Waals surface area contributed by atoms with E-state index in [-0.39, 0.29) is 5.76 Å². The molecule has 0 bridgehead atoms. The third-order valence-electron chi connectivity index (χ3n) is 1.71. The number of halogens is 1. The summed E-state index contributed by atoms with van der Waals surface area (Å²) in [6, 6.07) is 0. The van der Waals surface area contributed by atoms with E-state index in [4.69, 9.17) is 11.6 Å². The standard InChI is InChI=1S/C7H9ClO4/c1-12-4-2-3(9)5(8)7(11)6(4)10/h2,5-7,10-11H,1H3/t5-,6-,7+/m1/s1. The first-order valence-corrected chi connectivity index (χ1v) is 3.81. The average Bonchev–Trinajstić information content (AvgIpc) is 2.08. The molecule has 1 rings (SSSR count). The quantitative estimate of drug-likeness (QED) is 0.546. The summed E-state index contributed by atoms with van der Waals surface area (Å²) in [6.45, 7) is 0. The van der Waals surface area contributed by atoms with Gasteiger partial charge in [0.25, 0.3) is 0 Å². The van der Waals surface area contributed by atoms with E-state index >= 15 is 0 Å². The number of ether oxygens (including phenoxy) is 1. The third-order valence-corrected chi connectivity index (χ3v) is 2.18. The van der Waals surface area contributed by atoms with E-state index in [9.17, 15) is 15.0 Å². The fourth-order valence-electron chi connectivity index (χ4n) is 0.982. The Morgan fingerprint density at radius 2 is 2.17 bits per heavy atom. The molecule has 0 saturated heterocycles. The van der Waals surface area contributed by atoms with E-state index < -0.39 is 23.4 Å². The molecule has 2 N–H and O–H groups in total. The highest BCUT2D eigenvalue weighted by Crippen LogP contribution is 2.21. The van der Waals surface area contributed by atoms with Crippen LogP contribution in [0.3, 0.4) is 0 Å². The number of hydrogen-bond acceptors (Lipinski definition) is 4. The molecule has 0 amide bonds. The second kappa shape index (κ2) is 3.43. The van der Waals surface area contributed by atoms with E-state index in [1.54, 1.807) is 0 Å². The Morgan fingerprint density at radius 3 is 2.67 bits per heavy atom. The second-order valence-corrected chi connectivity index (χ2v) is 2.96. The maximum absolute atomic E-state index is 11.0.